The van der Waals surface area contributed by atoms with Crippen molar-refractivity contribution in [1.29, 1.82) is 0 Å². The Hall–Kier alpha value is -2.21. The van der Waals surface area contributed by atoms with Crippen LogP contribution in [0.2, 0.25) is 0 Å². The van der Waals surface area contributed by atoms with Gasteiger partial charge in [-0.05, 0) is 6.92 Å². The van der Waals surface area contributed by atoms with Crippen LogP contribution in [0, 0.1) is 0 Å². The number of carbonyl (C=O) groups is 1. The number of carboxylic acids is 1. The lowest BCUT2D eigenvalue weighted by atomic mass is 10.2. The fraction of sp³-hybridized carbons (Fsp3) is 0.250. The quantitative estimate of drug-likeness (QED) is 0.827. The van der Waals surface area contributed by atoms with Gasteiger partial charge in [-0.3, -0.25) is 10.1 Å². The van der Waals surface area contributed by atoms with Crippen molar-refractivity contribution in [3.8, 4) is 11.4 Å². The maximum atomic E-state index is 10.6. The highest BCUT2D eigenvalue weighted by atomic mass is 16.5. The Morgan fingerprint density at radius 1 is 1.44 bits per heavy atom. The average molecular weight is 247 g/mol. The molecule has 1 aromatic heterocycles. The molecule has 2 aromatic rings. The highest BCUT2D eigenvalue weighted by Gasteiger charge is 2.13. The van der Waals surface area contributed by atoms with Crippen molar-refractivity contribution in [2.24, 2.45) is 0 Å². The molecule has 0 saturated carbocycles. The minimum atomic E-state index is -0.919. The molecule has 1 aromatic carbocycles. The second-order valence-corrected chi connectivity index (χ2v) is 3.82. The van der Waals surface area contributed by atoms with Crippen molar-refractivity contribution >= 4 is 5.97 Å². The van der Waals surface area contributed by atoms with Gasteiger partial charge in [0, 0.05) is 5.56 Å². The Morgan fingerprint density at radius 3 is 2.83 bits per heavy atom. The van der Waals surface area contributed by atoms with Gasteiger partial charge < -0.3 is 9.63 Å². The van der Waals surface area contributed by atoms with Crippen LogP contribution in [0.3, 0.4) is 0 Å². The van der Waals surface area contributed by atoms with Gasteiger partial charge in [-0.2, -0.15) is 4.98 Å². The smallest absolute Gasteiger partial charge is 0.320 e. The predicted octanol–water partition coefficient (Wildman–Crippen LogP) is 1.30. The van der Waals surface area contributed by atoms with Crippen molar-refractivity contribution in [2.45, 2.75) is 19.5 Å². The lowest BCUT2D eigenvalue weighted by Crippen LogP contribution is -2.33. The summed E-state index contributed by atoms with van der Waals surface area (Å²) in [7, 11) is 0. The second kappa shape index (κ2) is 5.42. The number of hydrogen-bond donors (Lipinski definition) is 2. The van der Waals surface area contributed by atoms with Crippen molar-refractivity contribution in [3.05, 3.63) is 36.2 Å². The van der Waals surface area contributed by atoms with Crippen molar-refractivity contribution in [3.63, 3.8) is 0 Å². The highest BCUT2D eigenvalue weighted by Crippen LogP contribution is 2.14. The number of aromatic nitrogens is 2. The van der Waals surface area contributed by atoms with Crippen LogP contribution < -0.4 is 5.32 Å². The van der Waals surface area contributed by atoms with E-state index in [1.54, 1.807) is 6.92 Å². The Kier molecular flexibility index (Phi) is 3.69. The first kappa shape index (κ1) is 12.3. The predicted molar refractivity (Wildman–Crippen MR) is 63.7 cm³/mol. The first-order valence-corrected chi connectivity index (χ1v) is 5.51. The molecule has 0 amide bonds. The molecule has 6 heteroatoms. The first-order valence-electron chi connectivity index (χ1n) is 5.51. The molecule has 94 valence electrons. The fourth-order valence-electron chi connectivity index (χ4n) is 1.36. The minimum absolute atomic E-state index is 0.229. The van der Waals surface area contributed by atoms with Crippen LogP contribution in [0.1, 0.15) is 12.8 Å². The van der Waals surface area contributed by atoms with Gasteiger partial charge in [0.2, 0.25) is 11.7 Å². The summed E-state index contributed by atoms with van der Waals surface area (Å²) in [4.78, 5) is 14.8. The van der Waals surface area contributed by atoms with Crippen LogP contribution in [0.15, 0.2) is 34.9 Å². The number of aliphatic carboxylic acids is 1. The van der Waals surface area contributed by atoms with Gasteiger partial charge in [-0.25, -0.2) is 0 Å². The lowest BCUT2D eigenvalue weighted by Gasteiger charge is -2.05. The molecule has 0 spiro atoms. The van der Waals surface area contributed by atoms with Crippen molar-refractivity contribution in [2.75, 3.05) is 0 Å². The molecule has 1 heterocycles. The van der Waals surface area contributed by atoms with Gasteiger partial charge >= 0.3 is 5.97 Å². The minimum Gasteiger partial charge on any atom is -0.480 e. The summed E-state index contributed by atoms with van der Waals surface area (Å²) in [5.41, 5.74) is 0.860. The molecule has 2 rings (SSSR count). The molecule has 0 bridgehead atoms. The van der Waals surface area contributed by atoms with E-state index in [-0.39, 0.29) is 6.54 Å². The topological polar surface area (TPSA) is 88.3 Å². The summed E-state index contributed by atoms with van der Waals surface area (Å²) >= 11 is 0. The summed E-state index contributed by atoms with van der Waals surface area (Å²) in [5.74, 6) is -0.0601. The molecule has 0 aliphatic heterocycles. The molecular formula is C12H13N3O3. The van der Waals surface area contributed by atoms with Crippen LogP contribution in [0.25, 0.3) is 11.4 Å². The van der Waals surface area contributed by atoms with Crippen LogP contribution in [0.5, 0.6) is 0 Å². The molecular weight excluding hydrogens is 234 g/mol. The fourth-order valence-corrected chi connectivity index (χ4v) is 1.36. The van der Waals surface area contributed by atoms with Crippen molar-refractivity contribution < 1.29 is 14.4 Å². The number of rotatable bonds is 5. The number of carboxylic acid groups (broad SMARTS) is 1. The van der Waals surface area contributed by atoms with Gasteiger partial charge in [0.05, 0.1) is 6.54 Å². The normalized spacial score (nSPS) is 12.3. The molecule has 1 atom stereocenters. The van der Waals surface area contributed by atoms with Crippen LogP contribution in [-0.2, 0) is 11.3 Å². The Morgan fingerprint density at radius 2 is 2.17 bits per heavy atom. The first-order chi connectivity index (χ1) is 8.66. The van der Waals surface area contributed by atoms with Gasteiger partial charge in [0.1, 0.15) is 6.04 Å². The van der Waals surface area contributed by atoms with E-state index in [4.69, 9.17) is 9.63 Å². The standard InChI is InChI=1S/C12H13N3O3/c1-8(12(16)17)13-7-10-14-11(15-18-10)9-5-3-2-4-6-9/h2-6,8,13H,7H2,1H3,(H,16,17)/t8-/m0/s1. The van der Waals surface area contributed by atoms with Crippen molar-refractivity contribution in [1.82, 2.24) is 15.5 Å². The van der Waals surface area contributed by atoms with E-state index in [2.05, 4.69) is 15.5 Å². The van der Waals surface area contributed by atoms with Gasteiger partial charge in [0.15, 0.2) is 0 Å². The van der Waals surface area contributed by atoms with E-state index >= 15 is 0 Å². The Labute approximate surface area is 104 Å². The molecule has 6 nitrogen and oxygen atoms in total. The van der Waals surface area contributed by atoms with E-state index in [0.717, 1.165) is 5.56 Å². The van der Waals surface area contributed by atoms with E-state index in [9.17, 15) is 4.79 Å². The number of hydrogen-bond acceptors (Lipinski definition) is 5. The van der Waals surface area contributed by atoms with E-state index in [0.29, 0.717) is 11.7 Å². The zero-order valence-electron chi connectivity index (χ0n) is 9.83. The molecule has 0 fully saturated rings. The summed E-state index contributed by atoms with van der Waals surface area (Å²) in [6, 6.07) is 8.77. The summed E-state index contributed by atoms with van der Waals surface area (Å²) in [6.45, 7) is 1.78. The molecule has 18 heavy (non-hydrogen) atoms. The Balaban J connectivity index is 2.01. The lowest BCUT2D eigenvalue weighted by molar-refractivity contribution is -0.139. The maximum absolute atomic E-state index is 10.6. The Bertz CT molecular complexity index is 524. The monoisotopic (exact) mass is 247 g/mol. The van der Waals surface area contributed by atoms with Crippen LogP contribution in [-0.4, -0.2) is 27.3 Å². The van der Waals surface area contributed by atoms with E-state index in [1.165, 1.54) is 0 Å². The van der Waals surface area contributed by atoms with Crippen LogP contribution in [0.4, 0.5) is 0 Å². The molecule has 0 aliphatic rings. The SMILES string of the molecule is C[C@H](NCc1nc(-c2ccccc2)no1)C(=O)O. The van der Waals surface area contributed by atoms with E-state index in [1.807, 2.05) is 30.3 Å². The number of nitrogens with zero attached hydrogens (tertiary/aromatic N) is 2. The third kappa shape index (κ3) is 2.92. The third-order valence-corrected chi connectivity index (χ3v) is 2.43. The van der Waals surface area contributed by atoms with Gasteiger partial charge in [0.25, 0.3) is 0 Å². The molecule has 0 aliphatic carbocycles. The van der Waals surface area contributed by atoms with Crippen LogP contribution >= 0.6 is 0 Å². The number of benzene rings is 1. The maximum Gasteiger partial charge on any atom is 0.320 e. The second-order valence-electron chi connectivity index (χ2n) is 3.82. The molecule has 0 unspecified atom stereocenters. The van der Waals surface area contributed by atoms with E-state index < -0.39 is 12.0 Å². The zero-order chi connectivity index (χ0) is 13.0. The summed E-state index contributed by atoms with van der Waals surface area (Å²) in [6.07, 6.45) is 0. The average Bonchev–Trinajstić information content (AvgIpc) is 2.85. The zero-order valence-corrected chi connectivity index (χ0v) is 9.83. The molecule has 0 saturated heterocycles. The summed E-state index contributed by atoms with van der Waals surface area (Å²) < 4.78 is 5.03. The van der Waals surface area contributed by atoms with Gasteiger partial charge in [-0.15, -0.1) is 0 Å². The van der Waals surface area contributed by atoms with Gasteiger partial charge in [-0.1, -0.05) is 35.5 Å². The molecule has 0 radical (unpaired) electrons. The highest BCUT2D eigenvalue weighted by molar-refractivity contribution is 5.72. The third-order valence-electron chi connectivity index (χ3n) is 2.43. The molecule has 2 N–H and O–H groups in total. The largest absolute Gasteiger partial charge is 0.480 e. The summed E-state index contributed by atoms with van der Waals surface area (Å²) in [5, 5.41) is 15.3. The number of nitrogens with one attached hydrogen (secondary N) is 1.